The maximum atomic E-state index is 3.78. The summed E-state index contributed by atoms with van der Waals surface area (Å²) in [7, 11) is 0. The highest BCUT2D eigenvalue weighted by Gasteiger charge is 2.36. The van der Waals surface area contributed by atoms with Crippen LogP contribution in [-0.2, 0) is 0 Å². The molecule has 1 saturated carbocycles. The molecule has 0 aromatic carbocycles. The van der Waals surface area contributed by atoms with Crippen molar-refractivity contribution in [1.29, 1.82) is 0 Å². The summed E-state index contributed by atoms with van der Waals surface area (Å²) in [5.74, 6) is 0.848. The molecule has 0 amide bonds. The highest BCUT2D eigenvalue weighted by molar-refractivity contribution is 4.91. The maximum Gasteiger partial charge on any atom is 0.0108 e. The first-order valence-electron chi connectivity index (χ1n) is 9.53. The number of hydrogen-bond donors (Lipinski definition) is 1. The fourth-order valence-corrected chi connectivity index (χ4v) is 4.70. The molecule has 2 aliphatic rings. The molecule has 0 radical (unpaired) electrons. The van der Waals surface area contributed by atoms with Crippen LogP contribution in [0, 0.1) is 11.3 Å². The Morgan fingerprint density at radius 3 is 2.62 bits per heavy atom. The van der Waals surface area contributed by atoms with Gasteiger partial charge in [-0.05, 0) is 62.9 Å². The van der Waals surface area contributed by atoms with Gasteiger partial charge in [-0.25, -0.2) is 0 Å². The summed E-state index contributed by atoms with van der Waals surface area (Å²) in [5, 5.41) is 3.78. The van der Waals surface area contributed by atoms with Crippen LogP contribution in [0.4, 0.5) is 0 Å². The van der Waals surface area contributed by atoms with Gasteiger partial charge >= 0.3 is 0 Å². The number of nitrogens with zero attached hydrogens (tertiary/aromatic N) is 1. The third kappa shape index (κ3) is 4.96. The van der Waals surface area contributed by atoms with E-state index in [2.05, 4.69) is 37.9 Å². The van der Waals surface area contributed by atoms with Gasteiger partial charge in [-0.2, -0.15) is 0 Å². The Bertz CT molecular complexity index is 300. The van der Waals surface area contributed by atoms with E-state index in [1.165, 1.54) is 64.5 Å². The quantitative estimate of drug-likeness (QED) is 0.806. The van der Waals surface area contributed by atoms with E-state index in [1.807, 2.05) is 0 Å². The van der Waals surface area contributed by atoms with Gasteiger partial charge in [-0.3, -0.25) is 0 Å². The third-order valence-corrected chi connectivity index (χ3v) is 5.92. The van der Waals surface area contributed by atoms with E-state index in [1.54, 1.807) is 0 Å². The summed E-state index contributed by atoms with van der Waals surface area (Å²) in [6, 6.07) is 1.60. The molecule has 1 N–H and O–H groups in total. The first-order chi connectivity index (χ1) is 10.1. The van der Waals surface area contributed by atoms with Crippen LogP contribution in [0.5, 0.6) is 0 Å². The van der Waals surface area contributed by atoms with Crippen molar-refractivity contribution in [1.82, 2.24) is 10.2 Å². The molecule has 2 fully saturated rings. The van der Waals surface area contributed by atoms with Gasteiger partial charge in [0.25, 0.3) is 0 Å². The van der Waals surface area contributed by atoms with E-state index in [0.29, 0.717) is 5.41 Å². The average Bonchev–Trinajstić information content (AvgIpc) is 2.66. The highest BCUT2D eigenvalue weighted by atomic mass is 15.2. The molecule has 3 unspecified atom stereocenters. The number of likely N-dealkylation sites (tertiary alicyclic amines) is 1. The van der Waals surface area contributed by atoms with Crippen molar-refractivity contribution < 1.29 is 0 Å². The SMILES string of the molecule is CCNC1CCC(C)(C)CC1CN1CCCCCC1CC. The summed E-state index contributed by atoms with van der Waals surface area (Å²) in [6.45, 7) is 13.4. The molecule has 1 aliphatic carbocycles. The molecule has 2 heteroatoms. The summed E-state index contributed by atoms with van der Waals surface area (Å²) in [5.41, 5.74) is 0.546. The summed E-state index contributed by atoms with van der Waals surface area (Å²) < 4.78 is 0. The van der Waals surface area contributed by atoms with Gasteiger partial charge in [0, 0.05) is 18.6 Å². The van der Waals surface area contributed by atoms with Crippen LogP contribution in [0.1, 0.15) is 79.1 Å². The maximum absolute atomic E-state index is 3.78. The van der Waals surface area contributed by atoms with Crippen molar-refractivity contribution in [2.45, 2.75) is 91.1 Å². The average molecular weight is 295 g/mol. The molecule has 21 heavy (non-hydrogen) atoms. The van der Waals surface area contributed by atoms with Gasteiger partial charge in [0.1, 0.15) is 0 Å². The van der Waals surface area contributed by atoms with Gasteiger partial charge in [-0.15, -0.1) is 0 Å². The van der Waals surface area contributed by atoms with Gasteiger partial charge in [0.05, 0.1) is 0 Å². The normalized spacial score (nSPS) is 34.6. The molecule has 124 valence electrons. The Balaban J connectivity index is 2.01. The molecule has 1 heterocycles. The Labute approximate surface area is 133 Å². The molecule has 3 atom stereocenters. The lowest BCUT2D eigenvalue weighted by Gasteiger charge is -2.44. The number of rotatable bonds is 5. The van der Waals surface area contributed by atoms with Crippen LogP contribution in [-0.4, -0.2) is 36.6 Å². The zero-order valence-corrected chi connectivity index (χ0v) is 15.0. The fourth-order valence-electron chi connectivity index (χ4n) is 4.70. The van der Waals surface area contributed by atoms with E-state index >= 15 is 0 Å². The van der Waals surface area contributed by atoms with Crippen molar-refractivity contribution >= 4 is 0 Å². The first kappa shape index (κ1) is 17.3. The second-order valence-corrected chi connectivity index (χ2v) is 8.24. The Kier molecular flexibility index (Phi) is 6.55. The highest BCUT2D eigenvalue weighted by Crippen LogP contribution is 2.39. The Morgan fingerprint density at radius 1 is 1.10 bits per heavy atom. The topological polar surface area (TPSA) is 15.3 Å². The zero-order chi connectivity index (χ0) is 15.3. The van der Waals surface area contributed by atoms with Crippen molar-refractivity contribution in [2.24, 2.45) is 11.3 Å². The third-order valence-electron chi connectivity index (χ3n) is 5.92. The lowest BCUT2D eigenvalue weighted by atomic mass is 9.69. The smallest absolute Gasteiger partial charge is 0.0108 e. The molecular weight excluding hydrogens is 256 g/mol. The Hall–Kier alpha value is -0.0800. The monoisotopic (exact) mass is 294 g/mol. The Morgan fingerprint density at radius 2 is 1.90 bits per heavy atom. The van der Waals surface area contributed by atoms with E-state index in [-0.39, 0.29) is 0 Å². The minimum absolute atomic E-state index is 0.546. The minimum Gasteiger partial charge on any atom is -0.314 e. The van der Waals surface area contributed by atoms with Crippen LogP contribution in [0.2, 0.25) is 0 Å². The summed E-state index contributed by atoms with van der Waals surface area (Å²) in [4.78, 5) is 2.85. The first-order valence-corrected chi connectivity index (χ1v) is 9.53. The van der Waals surface area contributed by atoms with Crippen LogP contribution >= 0.6 is 0 Å². The predicted octanol–water partition coefficient (Wildman–Crippen LogP) is 4.45. The van der Waals surface area contributed by atoms with Crippen molar-refractivity contribution in [3.8, 4) is 0 Å². The molecule has 2 nitrogen and oxygen atoms in total. The standard InChI is InChI=1S/C19H38N2/c1-5-17-10-8-7-9-13-21(17)15-16-14-19(3,4)12-11-18(16)20-6-2/h16-18,20H,5-15H2,1-4H3. The number of hydrogen-bond acceptors (Lipinski definition) is 2. The van der Waals surface area contributed by atoms with Gasteiger partial charge in [-0.1, -0.05) is 40.5 Å². The van der Waals surface area contributed by atoms with Gasteiger partial charge < -0.3 is 10.2 Å². The summed E-state index contributed by atoms with van der Waals surface area (Å²) >= 11 is 0. The molecule has 0 spiro atoms. The van der Waals surface area contributed by atoms with E-state index < -0.39 is 0 Å². The van der Waals surface area contributed by atoms with Crippen LogP contribution in [0.3, 0.4) is 0 Å². The van der Waals surface area contributed by atoms with Crippen molar-refractivity contribution in [3.05, 3.63) is 0 Å². The van der Waals surface area contributed by atoms with E-state index in [9.17, 15) is 0 Å². The van der Waals surface area contributed by atoms with Crippen LogP contribution < -0.4 is 5.32 Å². The van der Waals surface area contributed by atoms with E-state index in [4.69, 9.17) is 0 Å². The van der Waals surface area contributed by atoms with Gasteiger partial charge in [0.15, 0.2) is 0 Å². The lowest BCUT2D eigenvalue weighted by Crippen LogP contribution is -2.49. The fraction of sp³-hybridized carbons (Fsp3) is 1.00. The van der Waals surface area contributed by atoms with Crippen molar-refractivity contribution in [3.63, 3.8) is 0 Å². The van der Waals surface area contributed by atoms with E-state index in [0.717, 1.165) is 24.5 Å². The van der Waals surface area contributed by atoms with Gasteiger partial charge in [0.2, 0.25) is 0 Å². The molecular formula is C19H38N2. The van der Waals surface area contributed by atoms with Crippen LogP contribution in [0.15, 0.2) is 0 Å². The second kappa shape index (κ2) is 7.97. The largest absolute Gasteiger partial charge is 0.314 e. The molecule has 1 saturated heterocycles. The molecule has 0 aromatic rings. The molecule has 1 aliphatic heterocycles. The molecule has 0 aromatic heterocycles. The minimum atomic E-state index is 0.546. The predicted molar refractivity (Wildman–Crippen MR) is 92.7 cm³/mol. The number of nitrogens with one attached hydrogen (secondary N) is 1. The zero-order valence-electron chi connectivity index (χ0n) is 15.0. The molecule has 0 bridgehead atoms. The second-order valence-electron chi connectivity index (χ2n) is 8.24. The summed E-state index contributed by atoms with van der Waals surface area (Å²) in [6.07, 6.45) is 11.2. The van der Waals surface area contributed by atoms with Crippen molar-refractivity contribution in [2.75, 3.05) is 19.6 Å². The van der Waals surface area contributed by atoms with Crippen LogP contribution in [0.25, 0.3) is 0 Å². The lowest BCUT2D eigenvalue weighted by molar-refractivity contribution is 0.0813. The molecule has 2 rings (SSSR count).